The number of hydrogen-bond donors (Lipinski definition) is 1. The van der Waals surface area contributed by atoms with Gasteiger partial charge in [-0.25, -0.2) is 0 Å². The molecule has 2 fully saturated rings. The maximum Gasteiger partial charge on any atom is 0.257 e. The average molecular weight is 275 g/mol. The van der Waals surface area contributed by atoms with Crippen LogP contribution in [0.5, 0.6) is 5.75 Å². The van der Waals surface area contributed by atoms with E-state index in [1.165, 1.54) is 12.8 Å². The summed E-state index contributed by atoms with van der Waals surface area (Å²) in [6, 6.07) is 5.15. The van der Waals surface area contributed by atoms with Gasteiger partial charge in [0, 0.05) is 13.1 Å². The van der Waals surface area contributed by atoms with Gasteiger partial charge in [-0.2, -0.15) is 0 Å². The first-order chi connectivity index (χ1) is 9.54. The Morgan fingerprint density at radius 2 is 2.10 bits per heavy atom. The Kier molecular flexibility index (Phi) is 3.42. The molecule has 0 radical (unpaired) electrons. The molecule has 0 spiro atoms. The van der Waals surface area contributed by atoms with Crippen LogP contribution in [0.1, 0.15) is 35.7 Å². The fourth-order valence-corrected chi connectivity index (χ4v) is 2.87. The van der Waals surface area contributed by atoms with E-state index in [9.17, 15) is 9.90 Å². The quantitative estimate of drug-likeness (QED) is 0.901. The molecule has 4 heteroatoms. The lowest BCUT2D eigenvalue weighted by molar-refractivity contribution is -0.0762. The van der Waals surface area contributed by atoms with Crippen LogP contribution in [0.3, 0.4) is 0 Å². The number of amides is 1. The highest BCUT2D eigenvalue weighted by Gasteiger charge is 2.39. The predicted molar refractivity (Wildman–Crippen MR) is 75.8 cm³/mol. The molecule has 20 heavy (non-hydrogen) atoms. The Bertz CT molecular complexity index is 524. The van der Waals surface area contributed by atoms with Crippen molar-refractivity contribution < 1.29 is 14.6 Å². The summed E-state index contributed by atoms with van der Waals surface area (Å²) < 4.78 is 5.92. The van der Waals surface area contributed by atoms with E-state index >= 15 is 0 Å². The number of aryl methyl sites for hydroxylation is 1. The summed E-state index contributed by atoms with van der Waals surface area (Å²) >= 11 is 0. The van der Waals surface area contributed by atoms with E-state index in [4.69, 9.17) is 4.74 Å². The zero-order valence-corrected chi connectivity index (χ0v) is 12.0. The highest BCUT2D eigenvalue weighted by molar-refractivity contribution is 5.97. The minimum Gasteiger partial charge on any atom is -0.507 e. The highest BCUT2D eigenvalue weighted by atomic mass is 16.5. The zero-order chi connectivity index (χ0) is 14.3. The molecule has 1 aromatic carbocycles. The van der Waals surface area contributed by atoms with E-state index in [0.717, 1.165) is 5.56 Å². The second kappa shape index (κ2) is 5.09. The smallest absolute Gasteiger partial charge is 0.257 e. The molecule has 1 aromatic rings. The first-order valence-corrected chi connectivity index (χ1v) is 7.29. The molecule has 0 unspecified atom stereocenters. The number of nitrogens with zero attached hydrogens (tertiary/aromatic N) is 1. The van der Waals surface area contributed by atoms with E-state index < -0.39 is 0 Å². The molecule has 108 valence electrons. The first kappa shape index (κ1) is 13.4. The van der Waals surface area contributed by atoms with Gasteiger partial charge in [0.25, 0.3) is 5.91 Å². The number of ether oxygens (including phenoxy) is 1. The van der Waals surface area contributed by atoms with E-state index in [1.807, 2.05) is 18.7 Å². The van der Waals surface area contributed by atoms with Gasteiger partial charge in [0.05, 0.1) is 17.8 Å². The van der Waals surface area contributed by atoms with Crippen LogP contribution in [0.25, 0.3) is 0 Å². The number of benzene rings is 1. The van der Waals surface area contributed by atoms with Crippen LogP contribution in [0.2, 0.25) is 0 Å². The molecule has 1 aliphatic heterocycles. The highest BCUT2D eigenvalue weighted by Crippen LogP contribution is 2.37. The van der Waals surface area contributed by atoms with Crippen LogP contribution in [0.4, 0.5) is 0 Å². The number of carbonyl (C=O) groups is 1. The van der Waals surface area contributed by atoms with E-state index in [2.05, 4.69) is 0 Å². The molecule has 0 bridgehead atoms. The van der Waals surface area contributed by atoms with Crippen molar-refractivity contribution in [3.05, 3.63) is 29.3 Å². The van der Waals surface area contributed by atoms with Crippen molar-refractivity contribution in [3.63, 3.8) is 0 Å². The third-order valence-corrected chi connectivity index (χ3v) is 4.10. The molecule has 1 heterocycles. The van der Waals surface area contributed by atoms with Gasteiger partial charge < -0.3 is 14.7 Å². The molecular weight excluding hydrogens is 254 g/mol. The van der Waals surface area contributed by atoms with Gasteiger partial charge in [0.2, 0.25) is 0 Å². The fraction of sp³-hybridized carbons (Fsp3) is 0.562. The summed E-state index contributed by atoms with van der Waals surface area (Å²) in [5.74, 6) is 0.578. The van der Waals surface area contributed by atoms with Gasteiger partial charge in [-0.05, 0) is 44.7 Å². The summed E-state index contributed by atoms with van der Waals surface area (Å²) in [4.78, 5) is 14.4. The minimum atomic E-state index is -0.0907. The topological polar surface area (TPSA) is 49.8 Å². The molecule has 1 saturated heterocycles. The lowest BCUT2D eigenvalue weighted by Gasteiger charge is -2.37. The Labute approximate surface area is 119 Å². The average Bonchev–Trinajstić information content (AvgIpc) is 3.24. The normalized spacial score (nSPS) is 26.6. The van der Waals surface area contributed by atoms with Crippen molar-refractivity contribution in [3.8, 4) is 5.75 Å². The van der Waals surface area contributed by atoms with Gasteiger partial charge in [0.1, 0.15) is 5.75 Å². The summed E-state index contributed by atoms with van der Waals surface area (Å²) in [6.45, 7) is 5.16. The second-order valence-corrected chi connectivity index (χ2v) is 6.05. The molecule has 1 saturated carbocycles. The molecule has 2 aliphatic rings. The number of carbonyl (C=O) groups excluding carboxylic acids is 1. The van der Waals surface area contributed by atoms with Gasteiger partial charge in [0.15, 0.2) is 0 Å². The molecule has 3 rings (SSSR count). The second-order valence-electron chi connectivity index (χ2n) is 6.05. The molecule has 1 amide bonds. The van der Waals surface area contributed by atoms with E-state index in [-0.39, 0.29) is 23.9 Å². The van der Waals surface area contributed by atoms with Crippen LogP contribution in [0.15, 0.2) is 18.2 Å². The third-order valence-electron chi connectivity index (χ3n) is 4.10. The fourth-order valence-electron chi connectivity index (χ4n) is 2.87. The molecule has 0 aromatic heterocycles. The van der Waals surface area contributed by atoms with E-state index in [1.54, 1.807) is 18.2 Å². The van der Waals surface area contributed by atoms with Crippen LogP contribution in [-0.2, 0) is 4.74 Å². The van der Waals surface area contributed by atoms with Gasteiger partial charge in [-0.3, -0.25) is 4.79 Å². The molecule has 1 N–H and O–H groups in total. The number of phenols is 1. The van der Waals surface area contributed by atoms with Crippen molar-refractivity contribution >= 4 is 5.91 Å². The van der Waals surface area contributed by atoms with E-state index in [0.29, 0.717) is 24.6 Å². The Morgan fingerprint density at radius 1 is 1.35 bits per heavy atom. The summed E-state index contributed by atoms with van der Waals surface area (Å²) in [5, 5.41) is 9.91. The van der Waals surface area contributed by atoms with Crippen LogP contribution >= 0.6 is 0 Å². The number of rotatable bonds is 2. The Morgan fingerprint density at radius 3 is 2.80 bits per heavy atom. The zero-order valence-electron chi connectivity index (χ0n) is 12.0. The summed E-state index contributed by atoms with van der Waals surface area (Å²) in [7, 11) is 0. The number of phenolic OH excluding ortho intramolecular Hbond substituents is 1. The van der Waals surface area contributed by atoms with Gasteiger partial charge in [-0.15, -0.1) is 0 Å². The van der Waals surface area contributed by atoms with Crippen LogP contribution in [0, 0.1) is 12.8 Å². The standard InChI is InChI=1S/C16H21NO3/c1-10-3-6-14(18)13(7-10)16(19)17-8-11(2)20-15(9-17)12-4-5-12/h3,6-7,11-12,15,18H,4-5,8-9H2,1-2H3/t11-,15-/m0/s1. The first-order valence-electron chi connectivity index (χ1n) is 7.29. The van der Waals surface area contributed by atoms with Crippen molar-refractivity contribution in [2.24, 2.45) is 5.92 Å². The Balaban J connectivity index is 1.80. The number of aromatic hydroxyl groups is 1. The lowest BCUT2D eigenvalue weighted by atomic mass is 10.1. The van der Waals surface area contributed by atoms with Crippen LogP contribution in [-0.4, -0.2) is 41.2 Å². The molecular formula is C16H21NO3. The molecule has 2 atom stereocenters. The molecule has 1 aliphatic carbocycles. The maximum atomic E-state index is 12.6. The molecule has 4 nitrogen and oxygen atoms in total. The number of hydrogen-bond acceptors (Lipinski definition) is 3. The third kappa shape index (κ3) is 2.66. The monoisotopic (exact) mass is 275 g/mol. The SMILES string of the molecule is Cc1ccc(O)c(C(=O)N2C[C@@H](C3CC3)O[C@@H](C)C2)c1. The van der Waals surface area contributed by atoms with Gasteiger partial charge in [-0.1, -0.05) is 11.6 Å². The van der Waals surface area contributed by atoms with Crippen molar-refractivity contribution in [2.75, 3.05) is 13.1 Å². The minimum absolute atomic E-state index is 0.0581. The van der Waals surface area contributed by atoms with Crippen LogP contribution < -0.4 is 0 Å². The predicted octanol–water partition coefficient (Wildman–Crippen LogP) is 2.34. The maximum absolute atomic E-state index is 12.6. The number of morpholine rings is 1. The largest absolute Gasteiger partial charge is 0.507 e. The van der Waals surface area contributed by atoms with Gasteiger partial charge >= 0.3 is 0 Å². The summed E-state index contributed by atoms with van der Waals surface area (Å²) in [6.07, 6.45) is 2.63. The van der Waals surface area contributed by atoms with Crippen molar-refractivity contribution in [1.29, 1.82) is 0 Å². The van der Waals surface area contributed by atoms with Crippen molar-refractivity contribution in [1.82, 2.24) is 4.90 Å². The lowest BCUT2D eigenvalue weighted by Crippen LogP contribution is -2.49. The Hall–Kier alpha value is -1.55. The van der Waals surface area contributed by atoms with Crippen molar-refractivity contribution in [2.45, 2.75) is 38.9 Å². The summed E-state index contributed by atoms with van der Waals surface area (Å²) in [5.41, 5.74) is 1.37.